The minimum atomic E-state index is 0.971. The maximum atomic E-state index is 3.48. The van der Waals surface area contributed by atoms with Crippen LogP contribution in [-0.2, 0) is 13.1 Å². The predicted molar refractivity (Wildman–Crippen MR) is 94.3 cm³/mol. The molecule has 3 heteroatoms. The zero-order valence-corrected chi connectivity index (χ0v) is 14.4. The molecule has 0 bridgehead atoms. The fourth-order valence-electron chi connectivity index (χ4n) is 2.37. The van der Waals surface area contributed by atoms with E-state index in [1.54, 1.807) is 0 Å². The first-order valence-electron chi connectivity index (χ1n) is 7.67. The van der Waals surface area contributed by atoms with Crippen LogP contribution in [0.25, 0.3) is 0 Å². The largest absolute Gasteiger partial charge is 0.370 e. The van der Waals surface area contributed by atoms with E-state index in [1.807, 2.05) is 11.3 Å². The fourth-order valence-corrected chi connectivity index (χ4v) is 3.39. The van der Waals surface area contributed by atoms with E-state index < -0.39 is 0 Å². The average molecular weight is 302 g/mol. The quantitative estimate of drug-likeness (QED) is 0.758. The highest BCUT2D eigenvalue weighted by molar-refractivity contribution is 7.12. The standard InChI is InChI=1S/C18H26N2S/c1-5-10-19-12-18-11-16(15(3)21-18)13-20(4)17-8-6-14(2)7-9-17/h6-9,11,19H,5,10,12-13H2,1-4H3. The molecule has 0 radical (unpaired) electrons. The number of nitrogens with zero attached hydrogens (tertiary/aromatic N) is 1. The summed E-state index contributed by atoms with van der Waals surface area (Å²) in [5.41, 5.74) is 4.02. The maximum Gasteiger partial charge on any atom is 0.0437 e. The van der Waals surface area contributed by atoms with Gasteiger partial charge in [-0.05, 0) is 50.6 Å². The van der Waals surface area contributed by atoms with Crippen LogP contribution in [-0.4, -0.2) is 13.6 Å². The summed E-state index contributed by atoms with van der Waals surface area (Å²) in [6.07, 6.45) is 1.19. The molecular weight excluding hydrogens is 276 g/mol. The molecule has 1 aromatic carbocycles. The Labute approximate surface area is 132 Å². The van der Waals surface area contributed by atoms with E-state index in [4.69, 9.17) is 0 Å². The smallest absolute Gasteiger partial charge is 0.0437 e. The van der Waals surface area contributed by atoms with Crippen LogP contribution in [0.2, 0.25) is 0 Å². The van der Waals surface area contributed by atoms with Gasteiger partial charge >= 0.3 is 0 Å². The molecule has 2 aromatic rings. The monoisotopic (exact) mass is 302 g/mol. The first-order chi connectivity index (χ1) is 10.1. The van der Waals surface area contributed by atoms with Crippen molar-refractivity contribution in [2.24, 2.45) is 0 Å². The number of rotatable bonds is 7. The lowest BCUT2D eigenvalue weighted by Crippen LogP contribution is -2.16. The van der Waals surface area contributed by atoms with Crippen molar-refractivity contribution >= 4 is 17.0 Å². The van der Waals surface area contributed by atoms with Crippen LogP contribution >= 0.6 is 11.3 Å². The topological polar surface area (TPSA) is 15.3 Å². The number of thiophene rings is 1. The van der Waals surface area contributed by atoms with Gasteiger partial charge in [-0.3, -0.25) is 0 Å². The molecule has 0 unspecified atom stereocenters. The second kappa shape index (κ2) is 7.62. The summed E-state index contributed by atoms with van der Waals surface area (Å²) >= 11 is 1.92. The van der Waals surface area contributed by atoms with Crippen molar-refractivity contribution in [1.82, 2.24) is 5.32 Å². The first-order valence-corrected chi connectivity index (χ1v) is 8.48. The van der Waals surface area contributed by atoms with Gasteiger partial charge < -0.3 is 10.2 Å². The molecule has 0 spiro atoms. The summed E-state index contributed by atoms with van der Waals surface area (Å²) in [6.45, 7) is 9.62. The van der Waals surface area contributed by atoms with Crippen molar-refractivity contribution in [3.05, 3.63) is 51.2 Å². The van der Waals surface area contributed by atoms with Gasteiger partial charge in [0.05, 0.1) is 0 Å². The number of nitrogens with one attached hydrogen (secondary N) is 1. The minimum Gasteiger partial charge on any atom is -0.370 e. The Balaban J connectivity index is 2.00. The highest BCUT2D eigenvalue weighted by atomic mass is 32.1. The van der Waals surface area contributed by atoms with Gasteiger partial charge in [-0.15, -0.1) is 11.3 Å². The van der Waals surface area contributed by atoms with Gasteiger partial charge in [-0.25, -0.2) is 0 Å². The third kappa shape index (κ3) is 4.58. The van der Waals surface area contributed by atoms with Crippen molar-refractivity contribution in [1.29, 1.82) is 0 Å². The number of hydrogen-bond donors (Lipinski definition) is 1. The van der Waals surface area contributed by atoms with Crippen molar-refractivity contribution < 1.29 is 0 Å². The van der Waals surface area contributed by atoms with Crippen molar-refractivity contribution in [2.45, 2.75) is 40.3 Å². The second-order valence-corrected chi connectivity index (χ2v) is 7.00. The highest BCUT2D eigenvalue weighted by Crippen LogP contribution is 2.24. The molecule has 2 rings (SSSR count). The number of aryl methyl sites for hydroxylation is 2. The molecule has 0 saturated heterocycles. The van der Waals surface area contributed by atoms with Crippen LogP contribution in [0, 0.1) is 13.8 Å². The molecular formula is C18H26N2S. The van der Waals surface area contributed by atoms with Gasteiger partial charge in [0.1, 0.15) is 0 Å². The summed E-state index contributed by atoms with van der Waals surface area (Å²) in [6, 6.07) is 11.1. The Morgan fingerprint density at radius 2 is 1.86 bits per heavy atom. The summed E-state index contributed by atoms with van der Waals surface area (Å²) in [5, 5.41) is 3.48. The van der Waals surface area contributed by atoms with E-state index >= 15 is 0 Å². The maximum absolute atomic E-state index is 3.48. The summed E-state index contributed by atoms with van der Waals surface area (Å²) in [7, 11) is 2.16. The molecule has 0 fully saturated rings. The van der Waals surface area contributed by atoms with Crippen molar-refractivity contribution in [3.8, 4) is 0 Å². The molecule has 0 aliphatic rings. The molecule has 1 heterocycles. The lowest BCUT2D eigenvalue weighted by molar-refractivity contribution is 0.681. The molecule has 0 amide bonds. The van der Waals surface area contributed by atoms with Gasteiger partial charge in [-0.1, -0.05) is 24.6 Å². The van der Waals surface area contributed by atoms with E-state index in [0.717, 1.165) is 19.6 Å². The zero-order chi connectivity index (χ0) is 15.2. The molecule has 2 nitrogen and oxygen atoms in total. The number of anilines is 1. The third-order valence-corrected chi connectivity index (χ3v) is 4.77. The minimum absolute atomic E-state index is 0.971. The van der Waals surface area contributed by atoms with Gasteiger partial charge in [0.15, 0.2) is 0 Å². The lowest BCUT2D eigenvalue weighted by atomic mass is 10.2. The van der Waals surface area contributed by atoms with Crippen LogP contribution in [0.1, 0.15) is 34.2 Å². The van der Waals surface area contributed by atoms with Crippen molar-refractivity contribution in [2.75, 3.05) is 18.5 Å². The Morgan fingerprint density at radius 1 is 1.14 bits per heavy atom. The van der Waals surface area contributed by atoms with Gasteiger partial charge in [0, 0.05) is 35.6 Å². The van der Waals surface area contributed by atoms with Gasteiger partial charge in [-0.2, -0.15) is 0 Å². The predicted octanol–water partition coefficient (Wildman–Crippen LogP) is 4.50. The summed E-state index contributed by atoms with van der Waals surface area (Å²) < 4.78 is 0. The fraction of sp³-hybridized carbons (Fsp3) is 0.444. The Hall–Kier alpha value is -1.32. The Morgan fingerprint density at radius 3 is 2.52 bits per heavy atom. The normalized spacial score (nSPS) is 10.9. The third-order valence-electron chi connectivity index (χ3n) is 3.68. The lowest BCUT2D eigenvalue weighted by Gasteiger charge is -2.19. The van der Waals surface area contributed by atoms with Crippen LogP contribution in [0.5, 0.6) is 0 Å². The van der Waals surface area contributed by atoms with Crippen LogP contribution in [0.15, 0.2) is 30.3 Å². The molecule has 0 aliphatic heterocycles. The van der Waals surface area contributed by atoms with Crippen LogP contribution in [0.3, 0.4) is 0 Å². The summed E-state index contributed by atoms with van der Waals surface area (Å²) in [5.74, 6) is 0. The molecule has 0 atom stereocenters. The van der Waals surface area contributed by atoms with E-state index in [1.165, 1.54) is 33.0 Å². The molecule has 0 aliphatic carbocycles. The molecule has 1 N–H and O–H groups in total. The van der Waals surface area contributed by atoms with E-state index in [9.17, 15) is 0 Å². The van der Waals surface area contributed by atoms with Crippen LogP contribution in [0.4, 0.5) is 5.69 Å². The Kier molecular flexibility index (Phi) is 5.83. The van der Waals surface area contributed by atoms with E-state index in [2.05, 4.69) is 68.4 Å². The van der Waals surface area contributed by atoms with E-state index in [0.29, 0.717) is 0 Å². The van der Waals surface area contributed by atoms with Crippen molar-refractivity contribution in [3.63, 3.8) is 0 Å². The van der Waals surface area contributed by atoms with E-state index in [-0.39, 0.29) is 0 Å². The SMILES string of the molecule is CCCNCc1cc(CN(C)c2ccc(C)cc2)c(C)s1. The number of benzene rings is 1. The van der Waals surface area contributed by atoms with Crippen LogP contribution < -0.4 is 10.2 Å². The molecule has 0 saturated carbocycles. The second-order valence-electron chi connectivity index (χ2n) is 5.66. The first kappa shape index (κ1) is 16.1. The molecule has 1 aromatic heterocycles. The number of hydrogen-bond acceptors (Lipinski definition) is 3. The molecule has 21 heavy (non-hydrogen) atoms. The Bertz CT molecular complexity index is 557. The average Bonchev–Trinajstić information content (AvgIpc) is 2.80. The molecule has 114 valence electrons. The van der Waals surface area contributed by atoms with Gasteiger partial charge in [0.25, 0.3) is 0 Å². The summed E-state index contributed by atoms with van der Waals surface area (Å²) in [4.78, 5) is 5.19. The highest BCUT2D eigenvalue weighted by Gasteiger charge is 2.08. The zero-order valence-electron chi connectivity index (χ0n) is 13.6. The van der Waals surface area contributed by atoms with Gasteiger partial charge in [0.2, 0.25) is 0 Å².